The first-order valence-electron chi connectivity index (χ1n) is 6.30. The van der Waals surface area contributed by atoms with Gasteiger partial charge in [-0.25, -0.2) is 4.98 Å². The normalized spacial score (nSPS) is 11.8. The van der Waals surface area contributed by atoms with E-state index in [4.69, 9.17) is 10.5 Å². The molecule has 2 aromatic rings. The van der Waals surface area contributed by atoms with Crippen LogP contribution in [0.15, 0.2) is 53.7 Å². The molecule has 5 heteroatoms. The van der Waals surface area contributed by atoms with Crippen LogP contribution in [-0.2, 0) is 9.53 Å². The topological polar surface area (TPSA) is 65.2 Å². The number of nitrogens with two attached hydrogens (primary N) is 1. The van der Waals surface area contributed by atoms with Crippen molar-refractivity contribution in [2.24, 2.45) is 0 Å². The highest BCUT2D eigenvalue weighted by molar-refractivity contribution is 8.00. The zero-order valence-electron chi connectivity index (χ0n) is 11.2. The van der Waals surface area contributed by atoms with Gasteiger partial charge in [0, 0.05) is 0 Å². The molecule has 2 N–H and O–H groups in total. The van der Waals surface area contributed by atoms with E-state index in [1.54, 1.807) is 25.3 Å². The van der Waals surface area contributed by atoms with E-state index in [-0.39, 0.29) is 5.97 Å². The summed E-state index contributed by atoms with van der Waals surface area (Å²) >= 11 is 1.36. The highest BCUT2D eigenvalue weighted by Gasteiger charge is 2.23. The van der Waals surface area contributed by atoms with Crippen molar-refractivity contribution in [1.82, 2.24) is 4.98 Å². The van der Waals surface area contributed by atoms with E-state index in [0.29, 0.717) is 12.3 Å². The molecule has 0 saturated carbocycles. The molecule has 1 atom stereocenters. The molecule has 0 fully saturated rings. The van der Waals surface area contributed by atoms with Gasteiger partial charge in [-0.05, 0) is 24.6 Å². The van der Waals surface area contributed by atoms with Gasteiger partial charge in [0.15, 0.2) is 0 Å². The van der Waals surface area contributed by atoms with Gasteiger partial charge in [-0.3, -0.25) is 4.79 Å². The molecule has 20 heavy (non-hydrogen) atoms. The molecule has 1 aromatic heterocycles. The van der Waals surface area contributed by atoms with E-state index in [2.05, 4.69) is 4.98 Å². The van der Waals surface area contributed by atoms with Crippen molar-refractivity contribution in [2.45, 2.75) is 17.2 Å². The number of pyridine rings is 1. The van der Waals surface area contributed by atoms with Gasteiger partial charge in [-0.1, -0.05) is 42.1 Å². The molecule has 0 saturated heterocycles. The van der Waals surface area contributed by atoms with Crippen molar-refractivity contribution in [3.05, 3.63) is 54.2 Å². The Morgan fingerprint density at radius 1 is 1.30 bits per heavy atom. The van der Waals surface area contributed by atoms with Gasteiger partial charge in [-0.2, -0.15) is 0 Å². The lowest BCUT2D eigenvalue weighted by Gasteiger charge is -2.15. The molecule has 0 radical (unpaired) electrons. The Morgan fingerprint density at radius 3 is 2.65 bits per heavy atom. The number of nitrogens with zero attached hydrogens (tertiary/aromatic N) is 1. The third-order valence-electron chi connectivity index (χ3n) is 2.60. The zero-order chi connectivity index (χ0) is 14.4. The van der Waals surface area contributed by atoms with Crippen molar-refractivity contribution in [3.63, 3.8) is 0 Å². The predicted octanol–water partition coefficient (Wildman–Crippen LogP) is 3.06. The first kappa shape index (κ1) is 14.4. The van der Waals surface area contributed by atoms with Crippen LogP contribution in [0.2, 0.25) is 0 Å². The summed E-state index contributed by atoms with van der Waals surface area (Å²) in [4.78, 5) is 16.3. The largest absolute Gasteiger partial charge is 0.465 e. The summed E-state index contributed by atoms with van der Waals surface area (Å²) in [5.74, 6) is -0.262. The number of esters is 1. The Bertz CT molecular complexity index is 558. The molecule has 0 spiro atoms. The number of rotatable bonds is 5. The van der Waals surface area contributed by atoms with Gasteiger partial charge in [-0.15, -0.1) is 0 Å². The average Bonchev–Trinajstić information content (AvgIpc) is 2.48. The summed E-state index contributed by atoms with van der Waals surface area (Å²) < 4.78 is 5.14. The minimum atomic E-state index is -0.424. The summed E-state index contributed by atoms with van der Waals surface area (Å²) in [5, 5.41) is 0.313. The van der Waals surface area contributed by atoms with Crippen LogP contribution in [0, 0.1) is 0 Å². The fourth-order valence-corrected chi connectivity index (χ4v) is 2.64. The van der Waals surface area contributed by atoms with Crippen LogP contribution >= 0.6 is 11.8 Å². The minimum absolute atomic E-state index is 0.262. The predicted molar refractivity (Wildman–Crippen MR) is 80.3 cm³/mol. The number of hydrogen-bond donors (Lipinski definition) is 1. The molecule has 0 aliphatic heterocycles. The Labute approximate surface area is 122 Å². The maximum Gasteiger partial charge on any atom is 0.324 e. The quantitative estimate of drug-likeness (QED) is 0.676. The van der Waals surface area contributed by atoms with E-state index < -0.39 is 5.25 Å². The first-order chi connectivity index (χ1) is 9.70. The van der Waals surface area contributed by atoms with Gasteiger partial charge >= 0.3 is 5.97 Å². The number of carbonyl (C=O) groups is 1. The molecule has 0 amide bonds. The Kier molecular flexibility index (Phi) is 5.01. The molecule has 0 aliphatic carbocycles. The molecule has 0 aliphatic rings. The second-order valence-electron chi connectivity index (χ2n) is 4.09. The second kappa shape index (κ2) is 6.96. The SMILES string of the molecule is CCOC(=O)C(Sc1ccc(N)cn1)c1ccccc1. The van der Waals surface area contributed by atoms with Crippen LogP contribution in [-0.4, -0.2) is 17.6 Å². The number of aromatic nitrogens is 1. The van der Waals surface area contributed by atoms with Crippen molar-refractivity contribution in [1.29, 1.82) is 0 Å². The van der Waals surface area contributed by atoms with Gasteiger partial charge in [0.2, 0.25) is 0 Å². The van der Waals surface area contributed by atoms with Crippen LogP contribution in [0.5, 0.6) is 0 Å². The van der Waals surface area contributed by atoms with E-state index in [9.17, 15) is 4.79 Å². The molecule has 4 nitrogen and oxygen atoms in total. The first-order valence-corrected chi connectivity index (χ1v) is 7.18. The van der Waals surface area contributed by atoms with Crippen molar-refractivity contribution < 1.29 is 9.53 Å². The third-order valence-corrected chi connectivity index (χ3v) is 3.78. The Balaban J connectivity index is 2.23. The maximum absolute atomic E-state index is 12.1. The molecule has 1 heterocycles. The number of hydrogen-bond acceptors (Lipinski definition) is 5. The van der Waals surface area contributed by atoms with Crippen molar-refractivity contribution in [2.75, 3.05) is 12.3 Å². The number of anilines is 1. The van der Waals surface area contributed by atoms with Crippen LogP contribution < -0.4 is 5.73 Å². The van der Waals surface area contributed by atoms with Crippen molar-refractivity contribution >= 4 is 23.4 Å². The van der Waals surface area contributed by atoms with Crippen molar-refractivity contribution in [3.8, 4) is 0 Å². The van der Waals surface area contributed by atoms with E-state index in [0.717, 1.165) is 10.6 Å². The Hall–Kier alpha value is -2.01. The lowest BCUT2D eigenvalue weighted by molar-refractivity contribution is -0.142. The molecular weight excluding hydrogens is 272 g/mol. The van der Waals surface area contributed by atoms with Crippen LogP contribution in [0.1, 0.15) is 17.7 Å². The summed E-state index contributed by atoms with van der Waals surface area (Å²) in [5.41, 5.74) is 7.11. The highest BCUT2D eigenvalue weighted by Crippen LogP contribution is 2.35. The molecule has 1 unspecified atom stereocenters. The fourth-order valence-electron chi connectivity index (χ4n) is 1.68. The summed E-state index contributed by atoms with van der Waals surface area (Å²) in [7, 11) is 0. The number of nitrogen functional groups attached to an aromatic ring is 1. The number of thioether (sulfide) groups is 1. The fraction of sp³-hybridized carbons (Fsp3) is 0.200. The van der Waals surface area contributed by atoms with E-state index in [1.807, 2.05) is 30.3 Å². The van der Waals surface area contributed by atoms with Gasteiger partial charge in [0.1, 0.15) is 5.25 Å². The van der Waals surface area contributed by atoms with Gasteiger partial charge in [0.25, 0.3) is 0 Å². The molecule has 1 aromatic carbocycles. The highest BCUT2D eigenvalue weighted by atomic mass is 32.2. The number of ether oxygens (including phenoxy) is 1. The minimum Gasteiger partial charge on any atom is -0.465 e. The maximum atomic E-state index is 12.1. The molecule has 2 rings (SSSR count). The molecule has 104 valence electrons. The third kappa shape index (κ3) is 3.74. The second-order valence-corrected chi connectivity index (χ2v) is 5.22. The lowest BCUT2D eigenvalue weighted by Crippen LogP contribution is -2.13. The smallest absolute Gasteiger partial charge is 0.324 e. The standard InChI is InChI=1S/C15H16N2O2S/c1-2-19-15(18)14(11-6-4-3-5-7-11)20-13-9-8-12(16)10-17-13/h3-10,14H,2,16H2,1H3. The Morgan fingerprint density at radius 2 is 2.05 bits per heavy atom. The van der Waals surface area contributed by atoms with Crippen LogP contribution in [0.3, 0.4) is 0 Å². The lowest BCUT2D eigenvalue weighted by atomic mass is 10.1. The van der Waals surface area contributed by atoms with Gasteiger partial charge < -0.3 is 10.5 Å². The monoisotopic (exact) mass is 288 g/mol. The molecule has 0 bridgehead atoms. The number of carbonyl (C=O) groups excluding carboxylic acids is 1. The van der Waals surface area contributed by atoms with Gasteiger partial charge in [0.05, 0.1) is 23.5 Å². The van der Waals surface area contributed by atoms with E-state index in [1.165, 1.54) is 11.8 Å². The summed E-state index contributed by atoms with van der Waals surface area (Å²) in [6.07, 6.45) is 1.58. The number of benzene rings is 1. The summed E-state index contributed by atoms with van der Waals surface area (Å²) in [6.45, 7) is 2.16. The van der Waals surface area contributed by atoms with Crippen LogP contribution in [0.25, 0.3) is 0 Å². The zero-order valence-corrected chi connectivity index (χ0v) is 12.0. The average molecular weight is 288 g/mol. The summed E-state index contributed by atoms with van der Waals surface area (Å²) in [6, 6.07) is 13.1. The van der Waals surface area contributed by atoms with E-state index >= 15 is 0 Å². The van der Waals surface area contributed by atoms with Crippen LogP contribution in [0.4, 0.5) is 5.69 Å². The molecular formula is C15H16N2O2S.